The molecule has 2 rings (SSSR count). The molecule has 0 saturated carbocycles. The Kier molecular flexibility index (Phi) is 5.52. The molecule has 6 nitrogen and oxygen atoms in total. The number of nitrogens with two attached hydrogens (primary N) is 1. The second-order valence-corrected chi connectivity index (χ2v) is 4.90. The van der Waals surface area contributed by atoms with Gasteiger partial charge < -0.3 is 16.4 Å². The van der Waals surface area contributed by atoms with E-state index < -0.39 is 41.0 Å². The summed E-state index contributed by atoms with van der Waals surface area (Å²) in [4.78, 5) is 24.7. The van der Waals surface area contributed by atoms with Crippen molar-refractivity contribution >= 4 is 17.5 Å². The van der Waals surface area contributed by atoms with E-state index in [4.69, 9.17) is 5.73 Å². The number of amides is 2. The zero-order valence-corrected chi connectivity index (χ0v) is 12.6. The molecule has 4 N–H and O–H groups in total. The van der Waals surface area contributed by atoms with Crippen LogP contribution in [0, 0.1) is 23.5 Å². The lowest BCUT2D eigenvalue weighted by molar-refractivity contribution is -0.117. The number of carbonyl (C=O) groups is 2. The highest BCUT2D eigenvalue weighted by Crippen LogP contribution is 2.22. The molecule has 2 aromatic rings. The highest BCUT2D eigenvalue weighted by molar-refractivity contribution is 5.96. The Bertz CT molecular complexity index is 786. The number of anilines is 1. The molecule has 1 aromatic carbocycles. The van der Waals surface area contributed by atoms with Gasteiger partial charge in [0.2, 0.25) is 17.5 Å². The standard InChI is InChI=1S/C15H12F4N4O2/c16-10-12(11(17)14(19)23-13(10)18)21-5-7-1-3-8(4-2-7)15(25)22-6-9(20)24/h1-4H,5-6H2,(H2,20,24)(H,21,23)(H,22,25). The number of carbonyl (C=O) groups excluding carboxylic acids is 2. The van der Waals surface area contributed by atoms with Crippen molar-refractivity contribution in [3.63, 3.8) is 0 Å². The number of nitrogens with one attached hydrogen (secondary N) is 2. The first-order valence-corrected chi connectivity index (χ1v) is 6.89. The van der Waals surface area contributed by atoms with Crippen LogP contribution in [0.4, 0.5) is 23.2 Å². The molecule has 0 aliphatic carbocycles. The van der Waals surface area contributed by atoms with Gasteiger partial charge in [-0.05, 0) is 17.7 Å². The summed E-state index contributed by atoms with van der Waals surface area (Å²) in [6.45, 7) is -0.486. The number of pyridine rings is 1. The number of halogens is 4. The third-order valence-electron chi connectivity index (χ3n) is 3.11. The van der Waals surface area contributed by atoms with Crippen molar-refractivity contribution in [2.45, 2.75) is 6.54 Å². The number of hydrogen-bond acceptors (Lipinski definition) is 4. The van der Waals surface area contributed by atoms with Crippen LogP contribution in [0.1, 0.15) is 15.9 Å². The van der Waals surface area contributed by atoms with Gasteiger partial charge in [0.1, 0.15) is 5.69 Å². The number of primary amides is 1. The maximum atomic E-state index is 13.5. The predicted molar refractivity (Wildman–Crippen MR) is 79.4 cm³/mol. The highest BCUT2D eigenvalue weighted by Gasteiger charge is 2.20. The second-order valence-electron chi connectivity index (χ2n) is 4.90. The maximum Gasteiger partial charge on any atom is 0.253 e. The van der Waals surface area contributed by atoms with E-state index in [0.717, 1.165) is 0 Å². The fourth-order valence-electron chi connectivity index (χ4n) is 1.88. The van der Waals surface area contributed by atoms with Crippen molar-refractivity contribution in [3.05, 3.63) is 58.9 Å². The average molecular weight is 356 g/mol. The van der Waals surface area contributed by atoms with E-state index in [-0.39, 0.29) is 18.7 Å². The Morgan fingerprint density at radius 2 is 1.56 bits per heavy atom. The number of aromatic nitrogens is 1. The third-order valence-corrected chi connectivity index (χ3v) is 3.11. The zero-order valence-electron chi connectivity index (χ0n) is 12.6. The largest absolute Gasteiger partial charge is 0.376 e. The first-order valence-electron chi connectivity index (χ1n) is 6.89. The average Bonchev–Trinajstić information content (AvgIpc) is 2.58. The highest BCUT2D eigenvalue weighted by atomic mass is 19.2. The molecule has 2 amide bonds. The molecular formula is C15H12F4N4O2. The van der Waals surface area contributed by atoms with Crippen LogP contribution in [0.2, 0.25) is 0 Å². The number of benzene rings is 1. The van der Waals surface area contributed by atoms with Crippen LogP contribution in [-0.2, 0) is 11.3 Å². The summed E-state index contributed by atoms with van der Waals surface area (Å²) in [7, 11) is 0. The lowest BCUT2D eigenvalue weighted by Gasteiger charge is -2.10. The van der Waals surface area contributed by atoms with E-state index in [0.29, 0.717) is 5.56 Å². The van der Waals surface area contributed by atoms with E-state index in [1.54, 1.807) is 0 Å². The summed E-state index contributed by atoms with van der Waals surface area (Å²) < 4.78 is 52.9. The summed E-state index contributed by atoms with van der Waals surface area (Å²) in [6.07, 6.45) is 0. The van der Waals surface area contributed by atoms with E-state index in [1.165, 1.54) is 24.3 Å². The van der Waals surface area contributed by atoms with Gasteiger partial charge in [-0.1, -0.05) is 12.1 Å². The van der Waals surface area contributed by atoms with Gasteiger partial charge in [0.05, 0.1) is 6.54 Å². The van der Waals surface area contributed by atoms with E-state index >= 15 is 0 Å². The monoisotopic (exact) mass is 356 g/mol. The molecule has 10 heteroatoms. The van der Waals surface area contributed by atoms with Gasteiger partial charge in [0.25, 0.3) is 17.8 Å². The minimum Gasteiger partial charge on any atom is -0.376 e. The van der Waals surface area contributed by atoms with E-state index in [2.05, 4.69) is 15.6 Å². The molecule has 132 valence electrons. The number of hydrogen-bond donors (Lipinski definition) is 3. The molecule has 0 fully saturated rings. The van der Waals surface area contributed by atoms with Gasteiger partial charge in [-0.3, -0.25) is 9.59 Å². The smallest absolute Gasteiger partial charge is 0.253 e. The molecule has 0 unspecified atom stereocenters. The van der Waals surface area contributed by atoms with E-state index in [1.807, 2.05) is 0 Å². The Hall–Kier alpha value is -3.17. The second kappa shape index (κ2) is 7.60. The predicted octanol–water partition coefficient (Wildman–Crippen LogP) is 1.47. The van der Waals surface area contributed by atoms with Crippen LogP contribution in [-0.4, -0.2) is 23.3 Å². The SMILES string of the molecule is NC(=O)CNC(=O)c1ccc(CNc2c(F)c(F)nc(F)c2F)cc1. The van der Waals surface area contributed by atoms with Crippen LogP contribution in [0.25, 0.3) is 0 Å². The molecule has 0 saturated heterocycles. The van der Waals surface area contributed by atoms with Crippen molar-refractivity contribution in [1.29, 1.82) is 0 Å². The first kappa shape index (κ1) is 18.2. The van der Waals surface area contributed by atoms with Crippen molar-refractivity contribution in [2.75, 3.05) is 11.9 Å². The van der Waals surface area contributed by atoms with Crippen LogP contribution < -0.4 is 16.4 Å². The Morgan fingerprint density at radius 1 is 1.00 bits per heavy atom. The van der Waals surface area contributed by atoms with Gasteiger partial charge in [0.15, 0.2) is 0 Å². The molecule has 1 heterocycles. The minimum absolute atomic E-state index is 0.167. The lowest BCUT2D eigenvalue weighted by Crippen LogP contribution is -2.33. The molecule has 1 aromatic heterocycles. The van der Waals surface area contributed by atoms with Crippen molar-refractivity contribution in [3.8, 4) is 0 Å². The topological polar surface area (TPSA) is 97.1 Å². The van der Waals surface area contributed by atoms with Crippen LogP contribution in [0.15, 0.2) is 24.3 Å². The molecule has 0 aliphatic rings. The van der Waals surface area contributed by atoms with Crippen LogP contribution in [0.3, 0.4) is 0 Å². The number of nitrogens with zero attached hydrogens (tertiary/aromatic N) is 1. The molecule has 0 aliphatic heterocycles. The fourth-order valence-corrected chi connectivity index (χ4v) is 1.88. The van der Waals surface area contributed by atoms with E-state index in [9.17, 15) is 27.2 Å². The van der Waals surface area contributed by atoms with Gasteiger partial charge in [-0.15, -0.1) is 0 Å². The quantitative estimate of drug-likeness (QED) is 0.539. The lowest BCUT2D eigenvalue weighted by atomic mass is 10.1. The first-order chi connectivity index (χ1) is 11.8. The molecular weight excluding hydrogens is 344 g/mol. The molecule has 0 atom stereocenters. The van der Waals surface area contributed by atoms with Crippen molar-refractivity contribution < 1.29 is 27.2 Å². The van der Waals surface area contributed by atoms with Gasteiger partial charge >= 0.3 is 0 Å². The third kappa shape index (κ3) is 4.43. The van der Waals surface area contributed by atoms with Gasteiger partial charge in [0, 0.05) is 12.1 Å². The molecule has 0 radical (unpaired) electrons. The minimum atomic E-state index is -1.76. The van der Waals surface area contributed by atoms with Crippen molar-refractivity contribution in [2.24, 2.45) is 5.73 Å². The molecule has 0 bridgehead atoms. The van der Waals surface area contributed by atoms with Gasteiger partial charge in [-0.2, -0.15) is 22.5 Å². The number of rotatable bonds is 6. The summed E-state index contributed by atoms with van der Waals surface area (Å²) >= 11 is 0. The molecule has 0 spiro atoms. The maximum absolute atomic E-state index is 13.5. The summed E-state index contributed by atoms with van der Waals surface area (Å²) in [6, 6.07) is 5.70. The fraction of sp³-hybridized carbons (Fsp3) is 0.133. The summed E-state index contributed by atoms with van der Waals surface area (Å²) in [5.74, 6) is -8.03. The summed E-state index contributed by atoms with van der Waals surface area (Å²) in [5, 5.41) is 4.52. The zero-order chi connectivity index (χ0) is 18.6. The van der Waals surface area contributed by atoms with Crippen LogP contribution >= 0.6 is 0 Å². The Labute approximate surface area is 139 Å². The molecule has 25 heavy (non-hydrogen) atoms. The van der Waals surface area contributed by atoms with Crippen LogP contribution in [0.5, 0.6) is 0 Å². The van der Waals surface area contributed by atoms with Crippen molar-refractivity contribution in [1.82, 2.24) is 10.3 Å². The van der Waals surface area contributed by atoms with Gasteiger partial charge in [-0.25, -0.2) is 0 Å². The Morgan fingerprint density at radius 3 is 2.08 bits per heavy atom. The summed E-state index contributed by atoms with van der Waals surface area (Å²) in [5.41, 5.74) is 4.62. The Balaban J connectivity index is 2.06. The normalized spacial score (nSPS) is 10.4.